The summed E-state index contributed by atoms with van der Waals surface area (Å²) >= 11 is 3.17. The number of halogens is 1. The van der Waals surface area contributed by atoms with Crippen LogP contribution in [0.25, 0.3) is 0 Å². The molecule has 0 heterocycles. The minimum Gasteiger partial charge on any atom is -0.478 e. The number of amides is 2. The van der Waals surface area contributed by atoms with Gasteiger partial charge in [-0.25, -0.2) is 9.59 Å². The molecule has 1 rings (SSSR count). The van der Waals surface area contributed by atoms with Crippen LogP contribution in [0.1, 0.15) is 17.3 Å². The number of hydrogen-bond acceptors (Lipinski definition) is 3. The van der Waals surface area contributed by atoms with Gasteiger partial charge in [-0.1, -0.05) is 15.9 Å². The molecule has 0 bridgehead atoms. The van der Waals surface area contributed by atoms with E-state index in [2.05, 4.69) is 21.2 Å². The maximum Gasteiger partial charge on any atom is 0.337 e. The molecular formula is C12H15BrN2O4. The van der Waals surface area contributed by atoms with Gasteiger partial charge in [-0.2, -0.15) is 0 Å². The van der Waals surface area contributed by atoms with Crippen molar-refractivity contribution in [3.8, 4) is 0 Å². The standard InChI is InChI=1S/C12H15BrN2O4/c1-7(6-16)15(2)12(19)14-10-4-3-8(13)5-9(10)11(17)18/h3-5,7,16H,6H2,1-2H3,(H,14,19)(H,17,18). The van der Waals surface area contributed by atoms with Gasteiger partial charge in [-0.15, -0.1) is 0 Å². The van der Waals surface area contributed by atoms with Gasteiger partial charge in [-0.3, -0.25) is 0 Å². The van der Waals surface area contributed by atoms with Gasteiger partial charge in [0.2, 0.25) is 0 Å². The summed E-state index contributed by atoms with van der Waals surface area (Å²) in [6.45, 7) is 1.51. The summed E-state index contributed by atoms with van der Waals surface area (Å²) in [5.41, 5.74) is 0.200. The van der Waals surface area contributed by atoms with Crippen LogP contribution in [-0.2, 0) is 0 Å². The van der Waals surface area contributed by atoms with Crippen molar-refractivity contribution in [3.05, 3.63) is 28.2 Å². The molecule has 7 heteroatoms. The van der Waals surface area contributed by atoms with Gasteiger partial charge < -0.3 is 20.4 Å². The molecule has 0 spiro atoms. The number of nitrogens with zero attached hydrogens (tertiary/aromatic N) is 1. The van der Waals surface area contributed by atoms with E-state index in [0.717, 1.165) is 0 Å². The van der Waals surface area contributed by atoms with E-state index in [9.17, 15) is 9.59 Å². The molecule has 0 saturated carbocycles. The molecule has 19 heavy (non-hydrogen) atoms. The predicted octanol–water partition coefficient (Wildman–Crippen LogP) is 1.99. The van der Waals surface area contributed by atoms with E-state index in [1.807, 2.05) is 0 Å². The third-order valence-corrected chi connectivity index (χ3v) is 3.19. The third-order valence-electron chi connectivity index (χ3n) is 2.70. The number of carbonyl (C=O) groups is 2. The Bertz CT molecular complexity index is 493. The Labute approximate surface area is 119 Å². The van der Waals surface area contributed by atoms with Gasteiger partial charge in [0.25, 0.3) is 0 Å². The number of nitrogens with one attached hydrogen (secondary N) is 1. The van der Waals surface area contributed by atoms with Gasteiger partial charge in [0.15, 0.2) is 0 Å². The number of anilines is 1. The Hall–Kier alpha value is -1.60. The average molecular weight is 331 g/mol. The first kappa shape index (κ1) is 15.5. The minimum absolute atomic E-state index is 0.00669. The Morgan fingerprint density at radius 2 is 2.11 bits per heavy atom. The molecule has 0 aromatic heterocycles. The lowest BCUT2D eigenvalue weighted by molar-refractivity contribution is 0.0698. The molecule has 1 aromatic rings. The van der Waals surface area contributed by atoms with Gasteiger partial charge in [0.1, 0.15) is 0 Å². The fourth-order valence-corrected chi connectivity index (χ4v) is 1.69. The number of rotatable bonds is 4. The van der Waals surface area contributed by atoms with Crippen LogP contribution in [0.4, 0.5) is 10.5 Å². The molecule has 1 unspecified atom stereocenters. The number of likely N-dealkylation sites (N-methyl/N-ethyl adjacent to an activating group) is 1. The fraction of sp³-hybridized carbons (Fsp3) is 0.333. The van der Waals surface area contributed by atoms with E-state index in [0.29, 0.717) is 4.47 Å². The van der Waals surface area contributed by atoms with Crippen molar-refractivity contribution < 1.29 is 19.8 Å². The topological polar surface area (TPSA) is 89.9 Å². The number of aliphatic hydroxyl groups is 1. The number of hydrogen-bond donors (Lipinski definition) is 3. The summed E-state index contributed by atoms with van der Waals surface area (Å²) in [7, 11) is 1.52. The van der Waals surface area contributed by atoms with Crippen molar-refractivity contribution in [1.82, 2.24) is 4.90 Å². The SMILES string of the molecule is CC(CO)N(C)C(=O)Nc1ccc(Br)cc1C(=O)O. The van der Waals surface area contributed by atoms with Crippen molar-refractivity contribution in [2.75, 3.05) is 19.0 Å². The van der Waals surface area contributed by atoms with Crippen molar-refractivity contribution >= 4 is 33.6 Å². The molecule has 0 aliphatic rings. The van der Waals surface area contributed by atoms with Crippen molar-refractivity contribution in [1.29, 1.82) is 0 Å². The van der Waals surface area contributed by atoms with Crippen LogP contribution < -0.4 is 5.32 Å². The summed E-state index contributed by atoms with van der Waals surface area (Å²) in [5.74, 6) is -1.13. The van der Waals surface area contributed by atoms with Gasteiger partial charge in [0.05, 0.1) is 23.9 Å². The number of carboxylic acid groups (broad SMARTS) is 1. The maximum atomic E-state index is 11.9. The highest BCUT2D eigenvalue weighted by atomic mass is 79.9. The summed E-state index contributed by atoms with van der Waals surface area (Å²) in [6.07, 6.45) is 0. The summed E-state index contributed by atoms with van der Waals surface area (Å²) < 4.78 is 0.611. The van der Waals surface area contributed by atoms with Crippen LogP contribution in [-0.4, -0.2) is 46.8 Å². The zero-order valence-corrected chi connectivity index (χ0v) is 12.1. The largest absolute Gasteiger partial charge is 0.478 e. The Kier molecular flexibility index (Phi) is 5.31. The summed E-state index contributed by atoms with van der Waals surface area (Å²) in [6, 6.07) is 3.71. The monoisotopic (exact) mass is 330 g/mol. The first-order valence-electron chi connectivity index (χ1n) is 5.54. The van der Waals surface area contributed by atoms with Crippen LogP contribution in [0.5, 0.6) is 0 Å². The minimum atomic E-state index is -1.13. The highest BCUT2D eigenvalue weighted by Gasteiger charge is 2.18. The van der Waals surface area contributed by atoms with Crippen molar-refractivity contribution in [2.45, 2.75) is 13.0 Å². The first-order chi connectivity index (χ1) is 8.86. The Morgan fingerprint density at radius 3 is 2.63 bits per heavy atom. The number of aliphatic hydroxyl groups excluding tert-OH is 1. The van der Waals surface area contributed by atoms with E-state index in [1.165, 1.54) is 24.1 Å². The number of urea groups is 1. The van der Waals surface area contributed by atoms with Crippen LogP contribution in [0, 0.1) is 0 Å². The fourth-order valence-electron chi connectivity index (χ4n) is 1.33. The van der Waals surface area contributed by atoms with E-state index < -0.39 is 12.0 Å². The molecule has 0 fully saturated rings. The van der Waals surface area contributed by atoms with Crippen LogP contribution in [0.2, 0.25) is 0 Å². The summed E-state index contributed by atoms with van der Waals surface area (Å²) in [5, 5.41) is 20.6. The zero-order chi connectivity index (χ0) is 14.6. The number of carboxylic acids is 1. The quantitative estimate of drug-likeness (QED) is 0.787. The Balaban J connectivity index is 2.94. The lowest BCUT2D eigenvalue weighted by Gasteiger charge is -2.23. The third kappa shape index (κ3) is 3.93. The number of aromatic carboxylic acids is 1. The second-order valence-corrected chi connectivity index (χ2v) is 4.98. The molecule has 0 radical (unpaired) electrons. The molecule has 6 nitrogen and oxygen atoms in total. The van der Waals surface area contributed by atoms with Crippen molar-refractivity contribution in [3.63, 3.8) is 0 Å². The zero-order valence-electron chi connectivity index (χ0n) is 10.6. The smallest absolute Gasteiger partial charge is 0.337 e. The molecule has 0 aliphatic carbocycles. The van der Waals surface area contributed by atoms with E-state index in [1.54, 1.807) is 13.0 Å². The normalized spacial score (nSPS) is 11.8. The second kappa shape index (κ2) is 6.53. The van der Waals surface area contributed by atoms with Crippen LogP contribution >= 0.6 is 15.9 Å². The molecule has 3 N–H and O–H groups in total. The molecule has 2 amide bonds. The lowest BCUT2D eigenvalue weighted by Crippen LogP contribution is -2.40. The Morgan fingerprint density at radius 1 is 1.47 bits per heavy atom. The predicted molar refractivity (Wildman–Crippen MR) is 74.4 cm³/mol. The summed E-state index contributed by atoms with van der Waals surface area (Å²) in [4.78, 5) is 24.3. The maximum absolute atomic E-state index is 11.9. The van der Waals surface area contributed by atoms with Crippen LogP contribution in [0.3, 0.4) is 0 Å². The van der Waals surface area contributed by atoms with Gasteiger partial charge >= 0.3 is 12.0 Å². The lowest BCUT2D eigenvalue weighted by atomic mass is 10.2. The van der Waals surface area contributed by atoms with E-state index in [-0.39, 0.29) is 23.9 Å². The van der Waals surface area contributed by atoms with Crippen molar-refractivity contribution in [2.24, 2.45) is 0 Å². The molecule has 0 saturated heterocycles. The van der Waals surface area contributed by atoms with Gasteiger partial charge in [-0.05, 0) is 25.1 Å². The first-order valence-corrected chi connectivity index (χ1v) is 6.33. The molecule has 1 aromatic carbocycles. The molecular weight excluding hydrogens is 316 g/mol. The molecule has 0 aliphatic heterocycles. The second-order valence-electron chi connectivity index (χ2n) is 4.07. The van der Waals surface area contributed by atoms with Crippen LogP contribution in [0.15, 0.2) is 22.7 Å². The van der Waals surface area contributed by atoms with Gasteiger partial charge in [0, 0.05) is 11.5 Å². The molecule has 1 atom stereocenters. The number of carbonyl (C=O) groups excluding carboxylic acids is 1. The highest BCUT2D eigenvalue weighted by molar-refractivity contribution is 9.10. The average Bonchev–Trinajstić information content (AvgIpc) is 2.38. The highest BCUT2D eigenvalue weighted by Crippen LogP contribution is 2.21. The molecule has 104 valence electrons. The van der Waals surface area contributed by atoms with E-state index in [4.69, 9.17) is 10.2 Å². The van der Waals surface area contributed by atoms with E-state index >= 15 is 0 Å². The number of benzene rings is 1.